The van der Waals surface area contributed by atoms with Gasteiger partial charge in [0.25, 0.3) is 0 Å². The molecule has 1 heterocycles. The zero-order chi connectivity index (χ0) is 12.4. The van der Waals surface area contributed by atoms with Crippen molar-refractivity contribution in [3.05, 3.63) is 58.3 Å². The first-order valence-electron chi connectivity index (χ1n) is 4.80. The van der Waals surface area contributed by atoms with Gasteiger partial charge in [0.05, 0.1) is 0 Å². The Balaban J connectivity index is 2.62. The van der Waals surface area contributed by atoms with E-state index in [4.69, 9.17) is 5.11 Å². The van der Waals surface area contributed by atoms with Gasteiger partial charge in [-0.15, -0.1) is 0 Å². The Bertz CT molecular complexity index is 616. The predicted octanol–water partition coefficient (Wildman–Crippen LogP) is 1.88. The normalized spacial score (nSPS) is 10.2. The molecule has 0 spiro atoms. The lowest BCUT2D eigenvalue weighted by Crippen LogP contribution is -2.12. The molecule has 2 rings (SSSR count). The van der Waals surface area contributed by atoms with Crippen LogP contribution in [0.25, 0.3) is 11.1 Å². The maximum atomic E-state index is 12.8. The number of carbonyl (C=O) groups is 1. The molecule has 5 heteroatoms. The molecule has 0 bridgehead atoms. The number of rotatable bonds is 2. The number of aromatic nitrogens is 1. The Hall–Kier alpha value is -2.43. The number of aromatic amines is 1. The highest BCUT2D eigenvalue weighted by Crippen LogP contribution is 2.21. The summed E-state index contributed by atoms with van der Waals surface area (Å²) in [6.07, 6.45) is 0. The van der Waals surface area contributed by atoms with E-state index < -0.39 is 17.3 Å². The molecule has 0 unspecified atom stereocenters. The molecule has 0 fully saturated rings. The summed E-state index contributed by atoms with van der Waals surface area (Å²) in [7, 11) is 0. The largest absolute Gasteiger partial charge is 0.477 e. The van der Waals surface area contributed by atoms with Crippen molar-refractivity contribution < 1.29 is 14.3 Å². The van der Waals surface area contributed by atoms with Gasteiger partial charge >= 0.3 is 5.97 Å². The summed E-state index contributed by atoms with van der Waals surface area (Å²) < 4.78 is 12.8. The first-order valence-corrected chi connectivity index (χ1v) is 4.80. The summed E-state index contributed by atoms with van der Waals surface area (Å²) in [5.41, 5.74) is 0.175. The van der Waals surface area contributed by atoms with Crippen molar-refractivity contribution in [3.63, 3.8) is 0 Å². The van der Waals surface area contributed by atoms with Gasteiger partial charge in [-0.1, -0.05) is 12.1 Å². The van der Waals surface area contributed by atoms with E-state index in [2.05, 4.69) is 4.98 Å². The second-order valence-electron chi connectivity index (χ2n) is 3.42. The molecule has 0 saturated carbocycles. The molecule has 0 atom stereocenters. The second kappa shape index (κ2) is 4.21. The van der Waals surface area contributed by atoms with E-state index in [9.17, 15) is 14.0 Å². The number of hydrogen-bond donors (Lipinski definition) is 2. The van der Waals surface area contributed by atoms with Crippen LogP contribution < -0.4 is 5.56 Å². The van der Waals surface area contributed by atoms with Gasteiger partial charge in [0.15, 0.2) is 0 Å². The molecule has 1 aromatic carbocycles. The van der Waals surface area contributed by atoms with Gasteiger partial charge in [-0.05, 0) is 23.8 Å². The first-order chi connectivity index (χ1) is 8.08. The van der Waals surface area contributed by atoms with E-state index in [-0.39, 0.29) is 5.69 Å². The fraction of sp³-hybridized carbons (Fsp3) is 0. The topological polar surface area (TPSA) is 70.2 Å². The highest BCUT2D eigenvalue weighted by molar-refractivity contribution is 5.93. The van der Waals surface area contributed by atoms with E-state index in [1.165, 1.54) is 36.4 Å². The Kier molecular flexibility index (Phi) is 2.74. The van der Waals surface area contributed by atoms with E-state index in [0.29, 0.717) is 11.1 Å². The standard InChI is InChI=1S/C12H8FNO3/c13-8-3-1-7(2-4-8)9-5-6-10(15)14-11(9)12(16)17/h1-6H,(H,14,15)(H,16,17). The number of carboxylic acids is 1. The Morgan fingerprint density at radius 1 is 1.12 bits per heavy atom. The van der Waals surface area contributed by atoms with Crippen LogP contribution in [0.1, 0.15) is 10.5 Å². The maximum absolute atomic E-state index is 12.8. The van der Waals surface area contributed by atoms with Crippen molar-refractivity contribution >= 4 is 5.97 Å². The smallest absolute Gasteiger partial charge is 0.353 e. The van der Waals surface area contributed by atoms with Crippen LogP contribution in [0.5, 0.6) is 0 Å². The van der Waals surface area contributed by atoms with E-state index in [0.717, 1.165) is 0 Å². The van der Waals surface area contributed by atoms with Crippen LogP contribution in [0.3, 0.4) is 0 Å². The van der Waals surface area contributed by atoms with E-state index >= 15 is 0 Å². The molecule has 1 aromatic heterocycles. The van der Waals surface area contributed by atoms with Gasteiger partial charge < -0.3 is 10.1 Å². The lowest BCUT2D eigenvalue weighted by Gasteiger charge is -2.05. The Morgan fingerprint density at radius 2 is 1.76 bits per heavy atom. The van der Waals surface area contributed by atoms with Crippen molar-refractivity contribution in [3.8, 4) is 11.1 Å². The minimum absolute atomic E-state index is 0.205. The molecular formula is C12H8FNO3. The lowest BCUT2D eigenvalue weighted by molar-refractivity contribution is 0.0691. The number of hydrogen-bond acceptors (Lipinski definition) is 2. The van der Waals surface area contributed by atoms with Gasteiger partial charge in [-0.25, -0.2) is 9.18 Å². The quantitative estimate of drug-likeness (QED) is 0.831. The minimum atomic E-state index is -1.23. The highest BCUT2D eigenvalue weighted by Gasteiger charge is 2.12. The first kappa shape index (κ1) is 11.1. The highest BCUT2D eigenvalue weighted by atomic mass is 19.1. The molecule has 0 aliphatic rings. The predicted molar refractivity (Wildman–Crippen MR) is 59.4 cm³/mol. The number of halogens is 1. The monoisotopic (exact) mass is 233 g/mol. The summed E-state index contributed by atoms with van der Waals surface area (Å²) in [6, 6.07) is 7.99. The van der Waals surface area contributed by atoms with Crippen LogP contribution in [0, 0.1) is 5.82 Å². The third-order valence-electron chi connectivity index (χ3n) is 2.29. The van der Waals surface area contributed by atoms with Crippen molar-refractivity contribution in [2.24, 2.45) is 0 Å². The number of H-pyrrole nitrogens is 1. The third kappa shape index (κ3) is 2.23. The van der Waals surface area contributed by atoms with Gasteiger partial charge in [-0.3, -0.25) is 4.79 Å². The van der Waals surface area contributed by atoms with Crippen molar-refractivity contribution in [2.75, 3.05) is 0 Å². The average Bonchev–Trinajstić information content (AvgIpc) is 2.30. The fourth-order valence-corrected chi connectivity index (χ4v) is 1.51. The molecule has 0 radical (unpaired) electrons. The van der Waals surface area contributed by atoms with Gasteiger partial charge in [0, 0.05) is 11.6 Å². The van der Waals surface area contributed by atoms with Gasteiger partial charge in [0.1, 0.15) is 11.5 Å². The molecule has 86 valence electrons. The molecule has 0 aliphatic carbocycles. The van der Waals surface area contributed by atoms with Crippen LogP contribution in [-0.4, -0.2) is 16.1 Å². The van der Waals surface area contributed by atoms with Crippen LogP contribution in [0.2, 0.25) is 0 Å². The Morgan fingerprint density at radius 3 is 2.35 bits per heavy atom. The van der Waals surface area contributed by atoms with E-state index in [1.54, 1.807) is 0 Å². The maximum Gasteiger partial charge on any atom is 0.353 e. The fourth-order valence-electron chi connectivity index (χ4n) is 1.51. The number of nitrogens with one attached hydrogen (secondary N) is 1. The molecule has 0 aliphatic heterocycles. The van der Waals surface area contributed by atoms with Crippen LogP contribution >= 0.6 is 0 Å². The number of pyridine rings is 1. The Labute approximate surface area is 95.4 Å². The summed E-state index contributed by atoms with van der Waals surface area (Å²) in [4.78, 5) is 24.3. The third-order valence-corrected chi connectivity index (χ3v) is 2.29. The van der Waals surface area contributed by atoms with Gasteiger partial charge in [0.2, 0.25) is 5.56 Å². The van der Waals surface area contributed by atoms with Crippen LogP contribution in [-0.2, 0) is 0 Å². The summed E-state index contributed by atoms with van der Waals surface area (Å²) in [5.74, 6) is -1.64. The summed E-state index contributed by atoms with van der Waals surface area (Å²) in [6.45, 7) is 0. The lowest BCUT2D eigenvalue weighted by atomic mass is 10.0. The number of carboxylic acid groups (broad SMARTS) is 1. The average molecular weight is 233 g/mol. The molecular weight excluding hydrogens is 225 g/mol. The number of benzene rings is 1. The molecule has 2 aromatic rings. The molecule has 0 saturated heterocycles. The molecule has 2 N–H and O–H groups in total. The van der Waals surface area contributed by atoms with Crippen molar-refractivity contribution in [1.82, 2.24) is 4.98 Å². The van der Waals surface area contributed by atoms with Crippen molar-refractivity contribution in [2.45, 2.75) is 0 Å². The minimum Gasteiger partial charge on any atom is -0.477 e. The van der Waals surface area contributed by atoms with E-state index in [1.807, 2.05) is 0 Å². The molecule has 4 nitrogen and oxygen atoms in total. The summed E-state index contributed by atoms with van der Waals surface area (Å²) in [5, 5.41) is 8.96. The second-order valence-corrected chi connectivity index (χ2v) is 3.42. The molecule has 0 amide bonds. The zero-order valence-corrected chi connectivity index (χ0v) is 8.61. The molecule has 17 heavy (non-hydrogen) atoms. The van der Waals surface area contributed by atoms with Crippen LogP contribution in [0.15, 0.2) is 41.2 Å². The number of aromatic carboxylic acids is 1. The van der Waals surface area contributed by atoms with Crippen LogP contribution in [0.4, 0.5) is 4.39 Å². The summed E-state index contributed by atoms with van der Waals surface area (Å²) >= 11 is 0. The van der Waals surface area contributed by atoms with Gasteiger partial charge in [-0.2, -0.15) is 0 Å². The zero-order valence-electron chi connectivity index (χ0n) is 8.61. The SMILES string of the molecule is O=C(O)c1[nH]c(=O)ccc1-c1ccc(F)cc1. The van der Waals surface area contributed by atoms with Crippen molar-refractivity contribution in [1.29, 1.82) is 0 Å².